The van der Waals surface area contributed by atoms with Gasteiger partial charge in [-0.25, -0.2) is 0 Å². The highest BCUT2D eigenvalue weighted by atomic mass is 32.1. The zero-order valence-electron chi connectivity index (χ0n) is 15.8. The number of nitrogens with zero attached hydrogens (tertiary/aromatic N) is 2. The SMILES string of the molecule is CCOc1cccc2sc(=NC(=O)c3ccc4c(c3)CCCC4)n(CC)c12. The number of ether oxygens (including phenoxy) is 1. The van der Waals surface area contributed by atoms with Crippen molar-refractivity contribution in [1.29, 1.82) is 0 Å². The molecule has 4 rings (SSSR count). The van der Waals surface area contributed by atoms with E-state index in [-0.39, 0.29) is 5.91 Å². The molecule has 1 heterocycles. The second-order valence-corrected chi connectivity index (χ2v) is 7.78. The largest absolute Gasteiger partial charge is 0.492 e. The molecular formula is C22H24N2O2S. The summed E-state index contributed by atoms with van der Waals surface area (Å²) in [6.07, 6.45) is 4.62. The van der Waals surface area contributed by atoms with Crippen molar-refractivity contribution in [3.05, 3.63) is 57.9 Å². The molecule has 0 spiro atoms. The van der Waals surface area contributed by atoms with Gasteiger partial charge in [-0.1, -0.05) is 23.5 Å². The number of hydrogen-bond acceptors (Lipinski definition) is 3. The number of thiazole rings is 1. The molecule has 5 heteroatoms. The lowest BCUT2D eigenvalue weighted by Gasteiger charge is -2.15. The van der Waals surface area contributed by atoms with Gasteiger partial charge in [0, 0.05) is 12.1 Å². The minimum atomic E-state index is -0.171. The normalized spacial score (nSPS) is 14.4. The molecule has 2 aromatic carbocycles. The zero-order valence-corrected chi connectivity index (χ0v) is 16.6. The minimum Gasteiger partial charge on any atom is -0.492 e. The third kappa shape index (κ3) is 3.44. The van der Waals surface area contributed by atoms with E-state index in [0.717, 1.165) is 40.2 Å². The monoisotopic (exact) mass is 380 g/mol. The second kappa shape index (κ2) is 7.69. The molecule has 0 bridgehead atoms. The average Bonchev–Trinajstić information content (AvgIpc) is 3.05. The lowest BCUT2D eigenvalue weighted by atomic mass is 9.90. The first-order valence-electron chi connectivity index (χ1n) is 9.67. The van der Waals surface area contributed by atoms with Gasteiger partial charge in [-0.15, -0.1) is 0 Å². The van der Waals surface area contributed by atoms with E-state index in [1.54, 1.807) is 0 Å². The summed E-state index contributed by atoms with van der Waals surface area (Å²) in [7, 11) is 0. The maximum Gasteiger partial charge on any atom is 0.279 e. The van der Waals surface area contributed by atoms with Crippen LogP contribution in [0.2, 0.25) is 0 Å². The van der Waals surface area contributed by atoms with E-state index < -0.39 is 0 Å². The molecule has 0 aliphatic heterocycles. The van der Waals surface area contributed by atoms with Crippen LogP contribution < -0.4 is 9.54 Å². The highest BCUT2D eigenvalue weighted by Crippen LogP contribution is 2.28. The molecule has 0 N–H and O–H groups in total. The quantitative estimate of drug-likeness (QED) is 0.656. The van der Waals surface area contributed by atoms with Crippen molar-refractivity contribution in [2.24, 2.45) is 4.99 Å². The molecular weight excluding hydrogens is 356 g/mol. The summed E-state index contributed by atoms with van der Waals surface area (Å²) in [6, 6.07) is 12.1. The smallest absolute Gasteiger partial charge is 0.279 e. The molecule has 1 amide bonds. The first-order valence-corrected chi connectivity index (χ1v) is 10.5. The highest BCUT2D eigenvalue weighted by molar-refractivity contribution is 7.16. The van der Waals surface area contributed by atoms with Gasteiger partial charge in [-0.3, -0.25) is 4.79 Å². The lowest BCUT2D eigenvalue weighted by Crippen LogP contribution is -2.16. The summed E-state index contributed by atoms with van der Waals surface area (Å²) in [5.41, 5.74) is 4.38. The summed E-state index contributed by atoms with van der Waals surface area (Å²) >= 11 is 1.54. The van der Waals surface area contributed by atoms with E-state index in [1.807, 2.05) is 31.2 Å². The Kier molecular flexibility index (Phi) is 5.12. The molecule has 0 saturated heterocycles. The van der Waals surface area contributed by atoms with Crippen LogP contribution in [0.5, 0.6) is 5.75 Å². The summed E-state index contributed by atoms with van der Waals surface area (Å²) in [5.74, 6) is 0.672. The molecule has 3 aromatic rings. The van der Waals surface area contributed by atoms with Crippen molar-refractivity contribution in [2.45, 2.75) is 46.1 Å². The maximum absolute atomic E-state index is 12.9. The van der Waals surface area contributed by atoms with E-state index in [1.165, 1.54) is 35.3 Å². The number of amides is 1. The van der Waals surface area contributed by atoms with Gasteiger partial charge in [0.25, 0.3) is 5.91 Å². The number of rotatable bonds is 4. The molecule has 1 aliphatic rings. The van der Waals surface area contributed by atoms with E-state index in [0.29, 0.717) is 12.2 Å². The number of carbonyl (C=O) groups is 1. The maximum atomic E-state index is 12.9. The molecule has 1 aliphatic carbocycles. The fraction of sp³-hybridized carbons (Fsp3) is 0.364. The predicted octanol–water partition coefficient (Wildman–Crippen LogP) is 4.74. The van der Waals surface area contributed by atoms with Crippen LogP contribution in [0, 0.1) is 0 Å². The molecule has 0 atom stereocenters. The molecule has 0 radical (unpaired) electrons. The molecule has 0 saturated carbocycles. The minimum absolute atomic E-state index is 0.171. The van der Waals surface area contributed by atoms with Crippen LogP contribution in [0.15, 0.2) is 41.4 Å². The number of para-hydroxylation sites is 1. The van der Waals surface area contributed by atoms with Crippen LogP contribution in [0.25, 0.3) is 10.2 Å². The fourth-order valence-corrected chi connectivity index (χ4v) is 4.88. The van der Waals surface area contributed by atoms with Gasteiger partial charge in [0.2, 0.25) is 0 Å². The van der Waals surface area contributed by atoms with E-state index in [9.17, 15) is 4.79 Å². The third-order valence-electron chi connectivity index (χ3n) is 5.07. The van der Waals surface area contributed by atoms with E-state index in [4.69, 9.17) is 4.74 Å². The van der Waals surface area contributed by atoms with Crippen LogP contribution in [-0.2, 0) is 19.4 Å². The van der Waals surface area contributed by atoms with Gasteiger partial charge < -0.3 is 9.30 Å². The van der Waals surface area contributed by atoms with Gasteiger partial charge in [-0.05, 0) is 74.9 Å². The number of aryl methyl sites for hydroxylation is 3. The van der Waals surface area contributed by atoms with Gasteiger partial charge in [-0.2, -0.15) is 4.99 Å². The summed E-state index contributed by atoms with van der Waals surface area (Å²) < 4.78 is 8.94. The zero-order chi connectivity index (χ0) is 18.8. The van der Waals surface area contributed by atoms with Gasteiger partial charge in [0.1, 0.15) is 11.3 Å². The Labute approximate surface area is 163 Å². The Morgan fingerprint density at radius 3 is 2.74 bits per heavy atom. The molecule has 1 aromatic heterocycles. The van der Waals surface area contributed by atoms with Crippen molar-refractivity contribution in [2.75, 3.05) is 6.61 Å². The van der Waals surface area contributed by atoms with E-state index >= 15 is 0 Å². The number of hydrogen-bond donors (Lipinski definition) is 0. The Balaban J connectivity index is 1.78. The van der Waals surface area contributed by atoms with Crippen molar-refractivity contribution in [3.63, 3.8) is 0 Å². The molecule has 0 unspecified atom stereocenters. The van der Waals surface area contributed by atoms with Crippen LogP contribution in [0.4, 0.5) is 0 Å². The van der Waals surface area contributed by atoms with E-state index in [2.05, 4.69) is 28.6 Å². The third-order valence-corrected chi connectivity index (χ3v) is 6.12. The van der Waals surface area contributed by atoms with Gasteiger partial charge in [0.05, 0.1) is 11.3 Å². The first kappa shape index (κ1) is 18.0. The summed E-state index contributed by atoms with van der Waals surface area (Å²) in [6.45, 7) is 5.39. The van der Waals surface area contributed by atoms with Crippen molar-refractivity contribution in [1.82, 2.24) is 4.57 Å². The Morgan fingerprint density at radius 1 is 1.15 bits per heavy atom. The molecule has 140 valence electrons. The Hall–Kier alpha value is -2.40. The number of benzene rings is 2. The Bertz CT molecular complexity index is 1060. The summed E-state index contributed by atoms with van der Waals surface area (Å²) in [4.78, 5) is 18.0. The molecule has 4 nitrogen and oxygen atoms in total. The summed E-state index contributed by atoms with van der Waals surface area (Å²) in [5, 5.41) is 0. The first-order chi connectivity index (χ1) is 13.2. The number of aromatic nitrogens is 1. The van der Waals surface area contributed by atoms with Gasteiger partial charge in [0.15, 0.2) is 4.80 Å². The van der Waals surface area contributed by atoms with Crippen molar-refractivity contribution in [3.8, 4) is 5.75 Å². The van der Waals surface area contributed by atoms with Crippen LogP contribution in [0.1, 0.15) is 48.2 Å². The standard InChI is InChI=1S/C22H24N2O2S/c1-3-24-20-18(26-4-2)10-7-11-19(20)27-22(24)23-21(25)17-13-12-15-8-5-6-9-16(15)14-17/h7,10-14H,3-6,8-9H2,1-2H3. The number of carbonyl (C=O) groups excluding carboxylic acids is 1. The predicted molar refractivity (Wildman–Crippen MR) is 110 cm³/mol. The second-order valence-electron chi connectivity index (χ2n) is 6.77. The van der Waals surface area contributed by atoms with Crippen molar-refractivity contribution < 1.29 is 9.53 Å². The fourth-order valence-electron chi connectivity index (χ4n) is 3.77. The average molecular weight is 381 g/mol. The topological polar surface area (TPSA) is 43.6 Å². The van der Waals surface area contributed by atoms with Crippen LogP contribution in [-0.4, -0.2) is 17.1 Å². The van der Waals surface area contributed by atoms with Gasteiger partial charge >= 0.3 is 0 Å². The van der Waals surface area contributed by atoms with Crippen LogP contribution >= 0.6 is 11.3 Å². The lowest BCUT2D eigenvalue weighted by molar-refractivity contribution is 0.0997. The van der Waals surface area contributed by atoms with Crippen LogP contribution in [0.3, 0.4) is 0 Å². The van der Waals surface area contributed by atoms with Crippen molar-refractivity contribution >= 4 is 27.5 Å². The molecule has 27 heavy (non-hydrogen) atoms. The number of fused-ring (bicyclic) bond motifs is 2. The highest BCUT2D eigenvalue weighted by Gasteiger charge is 2.14. The Morgan fingerprint density at radius 2 is 1.96 bits per heavy atom. The molecule has 0 fully saturated rings.